The molecule has 0 saturated carbocycles. The lowest BCUT2D eigenvalue weighted by Gasteiger charge is -2.10. The van der Waals surface area contributed by atoms with Gasteiger partial charge < -0.3 is 9.90 Å². The first-order chi connectivity index (χ1) is 12.6. The molecular weight excluding hydrogens is 332 g/mol. The highest BCUT2D eigenvalue weighted by molar-refractivity contribution is 5.78. The van der Waals surface area contributed by atoms with Crippen LogP contribution in [0.3, 0.4) is 0 Å². The van der Waals surface area contributed by atoms with E-state index in [1.807, 2.05) is 54.6 Å². The zero-order valence-corrected chi connectivity index (χ0v) is 13.8. The van der Waals surface area contributed by atoms with Gasteiger partial charge in [-0.2, -0.15) is 9.61 Å². The van der Waals surface area contributed by atoms with Gasteiger partial charge in [-0.15, -0.1) is 0 Å². The predicted molar refractivity (Wildman–Crippen MR) is 93.6 cm³/mol. The lowest BCUT2D eigenvalue weighted by molar-refractivity contribution is -0.305. The van der Waals surface area contributed by atoms with Crippen molar-refractivity contribution >= 4 is 22.8 Å². The average molecular weight is 347 g/mol. The van der Waals surface area contributed by atoms with Gasteiger partial charge in [0, 0.05) is 12.4 Å². The molecule has 4 rings (SSSR count). The number of hydrogen-bond acceptors (Lipinski definition) is 5. The van der Waals surface area contributed by atoms with Crippen LogP contribution in [-0.4, -0.2) is 25.1 Å². The van der Waals surface area contributed by atoms with Crippen molar-refractivity contribution in [3.05, 3.63) is 76.2 Å². The summed E-state index contributed by atoms with van der Waals surface area (Å²) in [7, 11) is 0. The highest BCUT2D eigenvalue weighted by atomic mass is 16.4. The second-order valence-corrected chi connectivity index (χ2v) is 6.01. The largest absolute Gasteiger partial charge is 0.550 e. The van der Waals surface area contributed by atoms with Gasteiger partial charge in [0.2, 0.25) is 5.78 Å². The summed E-state index contributed by atoms with van der Waals surface area (Å²) in [5.74, 6) is -0.784. The number of benzene rings is 2. The molecule has 0 unspecified atom stereocenters. The smallest absolute Gasteiger partial charge is 0.277 e. The fourth-order valence-electron chi connectivity index (χ4n) is 2.97. The molecule has 2 aromatic carbocycles. The summed E-state index contributed by atoms with van der Waals surface area (Å²) >= 11 is 0. The third-order valence-electron chi connectivity index (χ3n) is 4.22. The Bertz CT molecular complexity index is 1160. The number of aromatic nitrogens is 4. The Morgan fingerprint density at radius 1 is 1.04 bits per heavy atom. The lowest BCUT2D eigenvalue weighted by Crippen LogP contribution is -2.30. The summed E-state index contributed by atoms with van der Waals surface area (Å²) < 4.78 is 3.14. The summed E-state index contributed by atoms with van der Waals surface area (Å²) in [4.78, 5) is 28.3. The molecule has 0 N–H and O–H groups in total. The van der Waals surface area contributed by atoms with Crippen molar-refractivity contribution in [2.75, 3.05) is 0 Å². The molecule has 0 atom stereocenters. The van der Waals surface area contributed by atoms with Gasteiger partial charge in [0.05, 0.1) is 17.6 Å². The Labute approximate surface area is 148 Å². The molecule has 0 bridgehead atoms. The van der Waals surface area contributed by atoms with Crippen molar-refractivity contribution in [1.82, 2.24) is 19.2 Å². The van der Waals surface area contributed by atoms with Gasteiger partial charge in [-0.25, -0.2) is 4.98 Å². The maximum absolute atomic E-state index is 12.9. The number of aryl methyl sites for hydroxylation is 1. The second kappa shape index (κ2) is 6.44. The summed E-state index contributed by atoms with van der Waals surface area (Å²) in [5, 5.41) is 15.2. The number of nitrogens with zero attached hydrogens (tertiary/aromatic N) is 4. The minimum Gasteiger partial charge on any atom is -0.550 e. The molecular formula is C19H15N4O3-. The molecule has 0 aliphatic rings. The molecule has 7 nitrogen and oxygen atoms in total. The third-order valence-corrected chi connectivity index (χ3v) is 4.22. The van der Waals surface area contributed by atoms with Crippen molar-refractivity contribution in [2.24, 2.45) is 0 Å². The van der Waals surface area contributed by atoms with Crippen LogP contribution in [0.1, 0.15) is 17.7 Å². The molecule has 0 spiro atoms. The Kier molecular flexibility index (Phi) is 3.96. The van der Waals surface area contributed by atoms with E-state index in [0.717, 1.165) is 16.6 Å². The molecule has 0 amide bonds. The highest BCUT2D eigenvalue weighted by Gasteiger charge is 2.15. The zero-order valence-electron chi connectivity index (χ0n) is 13.8. The van der Waals surface area contributed by atoms with Crippen LogP contribution in [0.4, 0.5) is 0 Å². The molecule has 2 aromatic heterocycles. The van der Waals surface area contributed by atoms with Gasteiger partial charge in [0.1, 0.15) is 5.69 Å². The van der Waals surface area contributed by atoms with Crippen LogP contribution in [-0.2, 0) is 17.8 Å². The van der Waals surface area contributed by atoms with Crippen molar-refractivity contribution < 1.29 is 9.90 Å². The minimum atomic E-state index is -1.21. The number of carboxylic acid groups (broad SMARTS) is 1. The molecule has 26 heavy (non-hydrogen) atoms. The number of rotatable bonds is 5. The number of hydrogen-bond donors (Lipinski definition) is 0. The van der Waals surface area contributed by atoms with Crippen molar-refractivity contribution in [3.8, 4) is 0 Å². The summed E-state index contributed by atoms with van der Waals surface area (Å²) in [6.07, 6.45) is -0.246. The van der Waals surface area contributed by atoms with Crippen molar-refractivity contribution in [3.63, 3.8) is 0 Å². The van der Waals surface area contributed by atoms with E-state index >= 15 is 0 Å². The molecule has 4 aromatic rings. The number of carbonyl (C=O) groups is 1. The number of imidazole rings is 1. The van der Waals surface area contributed by atoms with Crippen LogP contribution in [0.5, 0.6) is 0 Å². The molecule has 0 fully saturated rings. The average Bonchev–Trinajstić information content (AvgIpc) is 3.02. The standard InChI is InChI=1S/C19H16N4O3/c24-17(25)11-10-15-18(26)22(12-13-6-2-1-3-7-13)19-20-14-8-4-5-9-16(14)23(19)21-15/h1-9H,10-12H2,(H,24,25)/p-1. The zero-order chi connectivity index (χ0) is 18.1. The van der Waals surface area contributed by atoms with E-state index in [1.54, 1.807) is 4.52 Å². The molecule has 130 valence electrons. The van der Waals surface area contributed by atoms with E-state index in [2.05, 4.69) is 10.1 Å². The summed E-state index contributed by atoms with van der Waals surface area (Å²) in [5.41, 5.74) is 2.27. The van der Waals surface area contributed by atoms with Gasteiger partial charge in [-0.05, 0) is 24.1 Å². The van der Waals surface area contributed by atoms with Crippen LogP contribution >= 0.6 is 0 Å². The van der Waals surface area contributed by atoms with Crippen molar-refractivity contribution in [2.45, 2.75) is 19.4 Å². The molecule has 0 radical (unpaired) electrons. The topological polar surface area (TPSA) is 92.3 Å². The van der Waals surface area contributed by atoms with Gasteiger partial charge >= 0.3 is 0 Å². The van der Waals surface area contributed by atoms with E-state index in [1.165, 1.54) is 4.57 Å². The number of carboxylic acids is 1. The second-order valence-electron chi connectivity index (χ2n) is 6.01. The number of aliphatic carboxylic acids is 1. The van der Waals surface area contributed by atoms with E-state index in [4.69, 9.17) is 0 Å². The molecule has 0 aliphatic carbocycles. The van der Waals surface area contributed by atoms with Gasteiger partial charge in [0.15, 0.2) is 0 Å². The van der Waals surface area contributed by atoms with E-state index in [9.17, 15) is 14.7 Å². The molecule has 7 heteroatoms. The summed E-state index contributed by atoms with van der Waals surface area (Å²) in [6.45, 7) is 0.327. The van der Waals surface area contributed by atoms with Crippen LogP contribution in [0.15, 0.2) is 59.4 Å². The highest BCUT2D eigenvalue weighted by Crippen LogP contribution is 2.15. The van der Waals surface area contributed by atoms with E-state index in [-0.39, 0.29) is 24.1 Å². The maximum atomic E-state index is 12.9. The van der Waals surface area contributed by atoms with Crippen molar-refractivity contribution in [1.29, 1.82) is 0 Å². The number of carbonyl (C=O) groups excluding carboxylic acids is 1. The predicted octanol–water partition coefficient (Wildman–Crippen LogP) is 0.775. The maximum Gasteiger partial charge on any atom is 0.277 e. The normalized spacial score (nSPS) is 11.2. The third kappa shape index (κ3) is 2.83. The van der Waals surface area contributed by atoms with Crippen LogP contribution in [0.25, 0.3) is 16.8 Å². The minimum absolute atomic E-state index is 0.0123. The fraction of sp³-hybridized carbons (Fsp3) is 0.158. The first-order valence-corrected chi connectivity index (χ1v) is 8.24. The quantitative estimate of drug-likeness (QED) is 0.532. The van der Waals surface area contributed by atoms with Crippen LogP contribution in [0, 0.1) is 0 Å². The lowest BCUT2D eigenvalue weighted by atomic mass is 10.2. The Morgan fingerprint density at radius 3 is 2.54 bits per heavy atom. The van der Waals surface area contributed by atoms with Gasteiger partial charge in [-0.1, -0.05) is 42.5 Å². The SMILES string of the molecule is O=C([O-])CCc1nn2c3ccccc3nc2n(Cc2ccccc2)c1=O. The van der Waals surface area contributed by atoms with Gasteiger partial charge in [-0.3, -0.25) is 9.36 Å². The first-order valence-electron chi connectivity index (χ1n) is 8.24. The Morgan fingerprint density at radius 2 is 1.77 bits per heavy atom. The molecule has 0 saturated heterocycles. The Balaban J connectivity index is 1.95. The summed E-state index contributed by atoms with van der Waals surface area (Å²) in [6, 6.07) is 17.0. The monoisotopic (exact) mass is 347 g/mol. The number of para-hydroxylation sites is 2. The van der Waals surface area contributed by atoms with E-state index in [0.29, 0.717) is 12.3 Å². The number of fused-ring (bicyclic) bond motifs is 3. The van der Waals surface area contributed by atoms with E-state index < -0.39 is 5.97 Å². The molecule has 0 aliphatic heterocycles. The van der Waals surface area contributed by atoms with Crippen LogP contribution < -0.4 is 10.7 Å². The molecule has 2 heterocycles. The Hall–Kier alpha value is -3.48. The van der Waals surface area contributed by atoms with Crippen LogP contribution in [0.2, 0.25) is 0 Å². The first kappa shape index (κ1) is 16.0. The van der Waals surface area contributed by atoms with Gasteiger partial charge in [0.25, 0.3) is 5.56 Å². The fourth-order valence-corrected chi connectivity index (χ4v) is 2.97.